The highest BCUT2D eigenvalue weighted by atomic mass is 79.9. The number of carboxylic acids is 1. The molecule has 1 rings (SSSR count). The second-order valence-corrected chi connectivity index (χ2v) is 4.29. The number of rotatable bonds is 4. The highest BCUT2D eigenvalue weighted by molar-refractivity contribution is 9.10. The van der Waals surface area contributed by atoms with E-state index < -0.39 is 12.4 Å². The number of nitrogens with zero attached hydrogens (tertiary/aromatic N) is 1. The van der Waals surface area contributed by atoms with Gasteiger partial charge in [-0.3, -0.25) is 4.79 Å². The van der Waals surface area contributed by atoms with Crippen LogP contribution in [-0.2, 0) is 16.5 Å². The Morgan fingerprint density at radius 2 is 2.19 bits per heavy atom. The van der Waals surface area contributed by atoms with Crippen molar-refractivity contribution in [2.24, 2.45) is 0 Å². The van der Waals surface area contributed by atoms with Crippen molar-refractivity contribution >= 4 is 37.8 Å². The van der Waals surface area contributed by atoms with E-state index in [1.165, 1.54) is 6.07 Å². The average molecular weight is 359 g/mol. The number of carbonyl (C=O) groups is 1. The first-order chi connectivity index (χ1) is 7.45. The minimum atomic E-state index is -2.67. The van der Waals surface area contributed by atoms with Crippen molar-refractivity contribution in [2.75, 3.05) is 0 Å². The van der Waals surface area contributed by atoms with Gasteiger partial charge in [-0.25, -0.2) is 13.8 Å². The largest absolute Gasteiger partial charge is 0.481 e. The van der Waals surface area contributed by atoms with Crippen molar-refractivity contribution < 1.29 is 18.7 Å². The fraction of sp³-hybridized carbons (Fsp3) is 0.333. The number of carboxylic acid groups (broad SMARTS) is 1. The van der Waals surface area contributed by atoms with Crippen molar-refractivity contribution in [3.8, 4) is 0 Å². The predicted molar refractivity (Wildman–Crippen MR) is 60.9 cm³/mol. The maximum Gasteiger partial charge on any atom is 0.307 e. The molecular formula is C9H7Br2F2NO2. The van der Waals surface area contributed by atoms with E-state index in [2.05, 4.69) is 36.8 Å². The first-order valence-corrected chi connectivity index (χ1v) is 6.11. The Kier molecular flexibility index (Phi) is 4.79. The standard InChI is InChI=1S/C9H7Br2F2NO2/c10-3-4-1-6(9(12)13)14-8(11)5(4)2-7(15)16/h1,9H,2-3H2,(H,15,16). The summed E-state index contributed by atoms with van der Waals surface area (Å²) in [6, 6.07) is 1.21. The Bertz CT molecular complexity index is 413. The normalized spacial score (nSPS) is 10.8. The van der Waals surface area contributed by atoms with E-state index >= 15 is 0 Å². The molecule has 0 atom stereocenters. The van der Waals surface area contributed by atoms with Gasteiger partial charge >= 0.3 is 5.97 Å². The van der Waals surface area contributed by atoms with Gasteiger partial charge in [-0.2, -0.15) is 0 Å². The predicted octanol–water partition coefficient (Wildman–Crippen LogP) is 3.30. The SMILES string of the molecule is O=C(O)Cc1c(CBr)cc(C(F)F)nc1Br. The average Bonchev–Trinajstić information content (AvgIpc) is 2.19. The molecule has 0 bridgehead atoms. The molecule has 0 saturated carbocycles. The lowest BCUT2D eigenvalue weighted by atomic mass is 10.1. The molecule has 1 heterocycles. The van der Waals surface area contributed by atoms with E-state index in [-0.39, 0.29) is 16.7 Å². The zero-order chi connectivity index (χ0) is 12.3. The summed E-state index contributed by atoms with van der Waals surface area (Å²) in [6.07, 6.45) is -2.93. The Morgan fingerprint density at radius 3 is 2.62 bits per heavy atom. The molecule has 3 nitrogen and oxygen atoms in total. The number of halogens is 4. The Hall–Kier alpha value is -0.560. The Morgan fingerprint density at radius 1 is 1.56 bits per heavy atom. The van der Waals surface area contributed by atoms with E-state index in [0.29, 0.717) is 16.5 Å². The summed E-state index contributed by atoms with van der Waals surface area (Å²) in [7, 11) is 0. The van der Waals surface area contributed by atoms with E-state index in [1.807, 2.05) is 0 Å². The van der Waals surface area contributed by atoms with Crippen LogP contribution in [0.4, 0.5) is 8.78 Å². The number of pyridine rings is 1. The third-order valence-electron chi connectivity index (χ3n) is 1.88. The molecule has 0 radical (unpaired) electrons. The Balaban J connectivity index is 3.22. The van der Waals surface area contributed by atoms with Crippen LogP contribution in [0.2, 0.25) is 0 Å². The van der Waals surface area contributed by atoms with E-state index in [1.54, 1.807) is 0 Å². The molecule has 0 fully saturated rings. The number of hydrogen-bond donors (Lipinski definition) is 1. The number of aromatic nitrogens is 1. The third-order valence-corrected chi connectivity index (χ3v) is 3.14. The molecule has 0 amide bonds. The zero-order valence-electron chi connectivity index (χ0n) is 7.88. The van der Waals surface area contributed by atoms with Gasteiger partial charge in [0.25, 0.3) is 6.43 Å². The first-order valence-electron chi connectivity index (χ1n) is 4.19. The van der Waals surface area contributed by atoms with Crippen LogP contribution >= 0.6 is 31.9 Å². The zero-order valence-corrected chi connectivity index (χ0v) is 11.1. The van der Waals surface area contributed by atoms with Crippen LogP contribution in [0.25, 0.3) is 0 Å². The van der Waals surface area contributed by atoms with Crippen molar-refractivity contribution in [3.05, 3.63) is 27.5 Å². The maximum atomic E-state index is 12.4. The maximum absolute atomic E-state index is 12.4. The lowest BCUT2D eigenvalue weighted by molar-refractivity contribution is -0.136. The van der Waals surface area contributed by atoms with Crippen molar-refractivity contribution in [2.45, 2.75) is 18.2 Å². The molecule has 0 unspecified atom stereocenters. The quantitative estimate of drug-likeness (QED) is 0.663. The second kappa shape index (κ2) is 5.67. The molecule has 0 aliphatic carbocycles. The summed E-state index contributed by atoms with van der Waals surface area (Å²) in [4.78, 5) is 14.2. The summed E-state index contributed by atoms with van der Waals surface area (Å²) < 4.78 is 25.0. The van der Waals surface area contributed by atoms with E-state index in [0.717, 1.165) is 0 Å². The van der Waals surface area contributed by atoms with Crippen LogP contribution in [0, 0.1) is 0 Å². The second-order valence-electron chi connectivity index (χ2n) is 2.98. The summed E-state index contributed by atoms with van der Waals surface area (Å²) in [6.45, 7) is 0. The fourth-order valence-corrected chi connectivity index (χ4v) is 2.28. The highest BCUT2D eigenvalue weighted by Gasteiger charge is 2.17. The summed E-state index contributed by atoms with van der Waals surface area (Å²) in [5.41, 5.74) is 0.545. The van der Waals surface area contributed by atoms with Gasteiger partial charge in [0.2, 0.25) is 0 Å². The van der Waals surface area contributed by atoms with Gasteiger partial charge < -0.3 is 5.11 Å². The van der Waals surface area contributed by atoms with Gasteiger partial charge in [-0.15, -0.1) is 0 Å². The minimum Gasteiger partial charge on any atom is -0.481 e. The lowest BCUT2D eigenvalue weighted by Crippen LogP contribution is -2.07. The van der Waals surface area contributed by atoms with Gasteiger partial charge in [0.05, 0.1) is 6.42 Å². The summed E-state index contributed by atoms with van der Waals surface area (Å²) in [5.74, 6) is -1.03. The Labute approximate surface area is 107 Å². The molecule has 7 heteroatoms. The van der Waals surface area contributed by atoms with Crippen molar-refractivity contribution in [3.63, 3.8) is 0 Å². The van der Waals surface area contributed by atoms with Crippen LogP contribution in [-0.4, -0.2) is 16.1 Å². The van der Waals surface area contributed by atoms with Gasteiger partial charge in [-0.1, -0.05) is 15.9 Å². The van der Waals surface area contributed by atoms with Crippen LogP contribution in [0.5, 0.6) is 0 Å². The van der Waals surface area contributed by atoms with Crippen LogP contribution in [0.15, 0.2) is 10.7 Å². The summed E-state index contributed by atoms with van der Waals surface area (Å²) >= 11 is 6.14. The van der Waals surface area contributed by atoms with Crippen LogP contribution in [0.3, 0.4) is 0 Å². The van der Waals surface area contributed by atoms with E-state index in [9.17, 15) is 13.6 Å². The van der Waals surface area contributed by atoms with Gasteiger partial charge in [0.15, 0.2) is 0 Å². The molecule has 16 heavy (non-hydrogen) atoms. The fourth-order valence-electron chi connectivity index (χ4n) is 1.18. The molecule has 0 aromatic carbocycles. The molecule has 0 aliphatic heterocycles. The third kappa shape index (κ3) is 3.21. The topological polar surface area (TPSA) is 50.2 Å². The van der Waals surface area contributed by atoms with Gasteiger partial charge in [-0.05, 0) is 27.6 Å². The molecule has 1 aromatic rings. The number of alkyl halides is 3. The molecule has 0 spiro atoms. The first kappa shape index (κ1) is 13.5. The highest BCUT2D eigenvalue weighted by Crippen LogP contribution is 2.27. The monoisotopic (exact) mass is 357 g/mol. The lowest BCUT2D eigenvalue weighted by Gasteiger charge is -2.09. The molecule has 1 aromatic heterocycles. The molecule has 0 aliphatic rings. The molecule has 88 valence electrons. The smallest absolute Gasteiger partial charge is 0.307 e. The molecule has 0 saturated heterocycles. The van der Waals surface area contributed by atoms with Gasteiger partial charge in [0.1, 0.15) is 10.3 Å². The van der Waals surface area contributed by atoms with Crippen LogP contribution < -0.4 is 0 Å². The van der Waals surface area contributed by atoms with E-state index in [4.69, 9.17) is 5.11 Å². The van der Waals surface area contributed by atoms with Crippen molar-refractivity contribution in [1.29, 1.82) is 0 Å². The molecular weight excluding hydrogens is 352 g/mol. The number of hydrogen-bond acceptors (Lipinski definition) is 2. The van der Waals surface area contributed by atoms with Crippen LogP contribution in [0.1, 0.15) is 23.2 Å². The summed E-state index contributed by atoms with van der Waals surface area (Å²) in [5, 5.41) is 8.98. The molecule has 1 N–H and O–H groups in total. The van der Waals surface area contributed by atoms with Crippen molar-refractivity contribution in [1.82, 2.24) is 4.98 Å². The van der Waals surface area contributed by atoms with Gasteiger partial charge in [0, 0.05) is 10.9 Å². The number of aliphatic carboxylic acids is 1. The minimum absolute atomic E-state index is 0.155.